The molecule has 4 nitrogen and oxygen atoms in total. The zero-order valence-corrected chi connectivity index (χ0v) is 33.6. The molecule has 288 valence electrons. The van der Waals surface area contributed by atoms with Crippen LogP contribution >= 0.6 is 0 Å². The summed E-state index contributed by atoms with van der Waals surface area (Å²) in [6.07, 6.45) is 7.52. The van der Waals surface area contributed by atoms with Gasteiger partial charge >= 0.3 is 0 Å². The van der Waals surface area contributed by atoms with Gasteiger partial charge in [0.15, 0.2) is 0 Å². The number of pyridine rings is 2. The lowest BCUT2D eigenvalue weighted by atomic mass is 9.88. The highest BCUT2D eigenvalue weighted by Crippen LogP contribution is 2.44. The molecule has 0 atom stereocenters. The van der Waals surface area contributed by atoms with Crippen LogP contribution in [0, 0.1) is 0 Å². The Kier molecular flexibility index (Phi) is 8.46. The summed E-state index contributed by atoms with van der Waals surface area (Å²) >= 11 is 0. The van der Waals surface area contributed by atoms with Crippen molar-refractivity contribution in [1.29, 1.82) is 0 Å². The molecule has 4 heteroatoms. The minimum Gasteiger partial charge on any atom is -0.264 e. The molecule has 0 amide bonds. The molecule has 3 aromatic heterocycles. The van der Waals surface area contributed by atoms with Crippen molar-refractivity contribution in [2.45, 2.75) is 0 Å². The maximum atomic E-state index is 5.46. The van der Waals surface area contributed by atoms with Gasteiger partial charge in [-0.15, -0.1) is 0 Å². The maximum absolute atomic E-state index is 5.46. The molecule has 12 aromatic rings. The first-order chi connectivity index (χ1) is 30.8. The summed E-state index contributed by atoms with van der Waals surface area (Å²) in [4.78, 5) is 19.8. The van der Waals surface area contributed by atoms with Crippen LogP contribution < -0.4 is 0 Å². The van der Waals surface area contributed by atoms with Crippen molar-refractivity contribution in [3.8, 4) is 67.0 Å². The molecule has 0 fully saturated rings. The third-order valence-corrected chi connectivity index (χ3v) is 12.3. The zero-order valence-electron chi connectivity index (χ0n) is 33.6. The molecule has 12 rings (SSSR count). The fraction of sp³-hybridized carbons (Fsp3) is 0. The van der Waals surface area contributed by atoms with Crippen LogP contribution in [0.2, 0.25) is 0 Å². The fourth-order valence-electron chi connectivity index (χ4n) is 9.52. The summed E-state index contributed by atoms with van der Waals surface area (Å²) in [5.74, 6) is 0. The van der Waals surface area contributed by atoms with Gasteiger partial charge in [-0.3, -0.25) is 9.97 Å². The van der Waals surface area contributed by atoms with Crippen molar-refractivity contribution in [2.24, 2.45) is 0 Å². The predicted octanol–water partition coefficient (Wildman–Crippen LogP) is 15.0. The van der Waals surface area contributed by atoms with Crippen molar-refractivity contribution in [3.63, 3.8) is 0 Å². The second-order valence-electron chi connectivity index (χ2n) is 15.7. The van der Waals surface area contributed by atoms with Crippen molar-refractivity contribution in [1.82, 2.24) is 19.9 Å². The van der Waals surface area contributed by atoms with Crippen LogP contribution in [0.25, 0.3) is 121 Å². The SMILES string of the molecule is c1cncc(-c2cccc3c(-c4cccc5c(-c6nc7ccccc7nc6-c6cccc7c(-c8cccc9c(-c%10cccnc%10)cccc89)cccc67)cccc45)cccc23)c1. The Labute approximate surface area is 358 Å². The number of para-hydroxylation sites is 2. The maximum Gasteiger partial charge on any atom is 0.0979 e. The van der Waals surface area contributed by atoms with E-state index in [-0.39, 0.29) is 0 Å². The average Bonchev–Trinajstić information content (AvgIpc) is 3.35. The fourth-order valence-corrected chi connectivity index (χ4v) is 9.52. The number of rotatable bonds is 6. The van der Waals surface area contributed by atoms with E-state index in [0.29, 0.717) is 0 Å². The van der Waals surface area contributed by atoms with Gasteiger partial charge in [-0.25, -0.2) is 9.97 Å². The summed E-state index contributed by atoms with van der Waals surface area (Å²) in [5.41, 5.74) is 14.8. The number of aromatic nitrogens is 4. The molecule has 62 heavy (non-hydrogen) atoms. The highest BCUT2D eigenvalue weighted by molar-refractivity contribution is 6.14. The molecule has 0 spiro atoms. The average molecular weight is 789 g/mol. The Morgan fingerprint density at radius 1 is 0.226 bits per heavy atom. The first-order valence-corrected chi connectivity index (χ1v) is 20.9. The van der Waals surface area contributed by atoms with Gasteiger partial charge < -0.3 is 0 Å². The van der Waals surface area contributed by atoms with Crippen molar-refractivity contribution < 1.29 is 0 Å². The molecule has 0 saturated carbocycles. The third-order valence-electron chi connectivity index (χ3n) is 12.3. The second-order valence-corrected chi connectivity index (χ2v) is 15.7. The van der Waals surface area contributed by atoms with Crippen LogP contribution in [-0.2, 0) is 0 Å². The number of fused-ring (bicyclic) bond motifs is 5. The quantitative estimate of drug-likeness (QED) is 0.168. The lowest BCUT2D eigenvalue weighted by Gasteiger charge is -2.17. The number of nitrogens with zero attached hydrogens (tertiary/aromatic N) is 4. The first kappa shape index (κ1) is 35.6. The minimum absolute atomic E-state index is 0.854. The number of benzene rings is 9. The smallest absolute Gasteiger partial charge is 0.0979 e. The Morgan fingerprint density at radius 2 is 0.516 bits per heavy atom. The molecule has 0 unspecified atom stereocenters. The van der Waals surface area contributed by atoms with Crippen molar-refractivity contribution in [3.05, 3.63) is 219 Å². The van der Waals surface area contributed by atoms with Crippen LogP contribution in [0.3, 0.4) is 0 Å². The highest BCUT2D eigenvalue weighted by atomic mass is 14.8. The molecular weight excluding hydrogens is 753 g/mol. The minimum atomic E-state index is 0.854. The molecule has 0 bridgehead atoms. The number of hydrogen-bond acceptors (Lipinski definition) is 4. The lowest BCUT2D eigenvalue weighted by Crippen LogP contribution is -1.97. The summed E-state index contributed by atoms with van der Waals surface area (Å²) in [7, 11) is 0. The van der Waals surface area contributed by atoms with Crippen LogP contribution in [0.1, 0.15) is 0 Å². The van der Waals surface area contributed by atoms with E-state index in [0.717, 1.165) is 66.2 Å². The molecule has 0 aliphatic rings. The van der Waals surface area contributed by atoms with E-state index in [9.17, 15) is 0 Å². The van der Waals surface area contributed by atoms with E-state index in [2.05, 4.69) is 180 Å². The monoisotopic (exact) mass is 788 g/mol. The van der Waals surface area contributed by atoms with E-state index >= 15 is 0 Å². The Morgan fingerprint density at radius 3 is 0.839 bits per heavy atom. The van der Waals surface area contributed by atoms with Gasteiger partial charge in [0.05, 0.1) is 22.4 Å². The lowest BCUT2D eigenvalue weighted by molar-refractivity contribution is 1.30. The summed E-state index contributed by atoms with van der Waals surface area (Å²) in [5, 5.41) is 9.35. The third kappa shape index (κ3) is 5.84. The van der Waals surface area contributed by atoms with E-state index in [1.807, 2.05) is 49.1 Å². The van der Waals surface area contributed by atoms with E-state index in [1.54, 1.807) is 0 Å². The molecule has 0 aliphatic heterocycles. The van der Waals surface area contributed by atoms with Crippen molar-refractivity contribution >= 4 is 54.1 Å². The standard InChI is InChI=1S/C58H36N4/c1-2-32-56-55(31-1)61-57(53-29-9-25-49-47(23-7-27-51(49)53)45-21-5-17-41-39(15-3-19-43(41)45)37-13-11-33-59-35-37)58(62-56)54-30-10-26-50-48(24-8-28-52(50)54)46-22-6-18-42-40(16-4-20-44(42)46)38-14-12-34-60-36-38/h1-36H. The van der Waals surface area contributed by atoms with Crippen LogP contribution in [0.15, 0.2) is 219 Å². The summed E-state index contributed by atoms with van der Waals surface area (Å²) in [6, 6.07) is 69.3. The second kappa shape index (κ2) is 14.7. The highest BCUT2D eigenvalue weighted by Gasteiger charge is 2.20. The topological polar surface area (TPSA) is 51.6 Å². The van der Waals surface area contributed by atoms with Gasteiger partial charge in [-0.05, 0) is 101 Å². The molecule has 3 heterocycles. The van der Waals surface area contributed by atoms with Gasteiger partial charge in [-0.1, -0.05) is 170 Å². The molecule has 0 aliphatic carbocycles. The number of hydrogen-bond donors (Lipinski definition) is 0. The van der Waals surface area contributed by atoms with E-state index in [4.69, 9.17) is 9.97 Å². The van der Waals surface area contributed by atoms with Gasteiger partial charge in [0.1, 0.15) is 0 Å². The van der Waals surface area contributed by atoms with Crippen molar-refractivity contribution in [2.75, 3.05) is 0 Å². The zero-order chi connectivity index (χ0) is 41.0. The van der Waals surface area contributed by atoms with E-state index in [1.165, 1.54) is 54.9 Å². The Balaban J connectivity index is 1.06. The summed E-state index contributed by atoms with van der Waals surface area (Å²) < 4.78 is 0. The summed E-state index contributed by atoms with van der Waals surface area (Å²) in [6.45, 7) is 0. The van der Waals surface area contributed by atoms with Gasteiger partial charge in [0, 0.05) is 47.0 Å². The predicted molar refractivity (Wildman–Crippen MR) is 258 cm³/mol. The van der Waals surface area contributed by atoms with Crippen LogP contribution in [0.4, 0.5) is 0 Å². The van der Waals surface area contributed by atoms with Gasteiger partial charge in [-0.2, -0.15) is 0 Å². The van der Waals surface area contributed by atoms with Crippen LogP contribution in [0.5, 0.6) is 0 Å². The van der Waals surface area contributed by atoms with Gasteiger partial charge in [0.25, 0.3) is 0 Å². The Bertz CT molecular complexity index is 3450. The largest absolute Gasteiger partial charge is 0.264 e. The molecule has 0 saturated heterocycles. The molecule has 9 aromatic carbocycles. The van der Waals surface area contributed by atoms with E-state index < -0.39 is 0 Å². The normalized spacial score (nSPS) is 11.5. The molecule has 0 radical (unpaired) electrons. The first-order valence-electron chi connectivity index (χ1n) is 20.9. The Hall–Kier alpha value is -8.34. The molecule has 0 N–H and O–H groups in total. The van der Waals surface area contributed by atoms with Crippen LogP contribution in [-0.4, -0.2) is 19.9 Å². The van der Waals surface area contributed by atoms with Gasteiger partial charge in [0.2, 0.25) is 0 Å². The molecular formula is C58H36N4.